The molecule has 0 N–H and O–H groups in total. The number of hydrogen-bond acceptors (Lipinski definition) is 3. The standard InChI is InChI=1S/C10H13NOS/c1-6(2)10-11-8-5-7(12)3-4-9(8)13-10/h6H,3-5H2,1-2H3. The Hall–Kier alpha value is -0.700. The Balaban J connectivity index is 2.33. The Kier molecular flexibility index (Phi) is 2.20. The lowest BCUT2D eigenvalue weighted by molar-refractivity contribution is -0.118. The highest BCUT2D eigenvalue weighted by Crippen LogP contribution is 2.29. The summed E-state index contributed by atoms with van der Waals surface area (Å²) >= 11 is 1.78. The molecule has 0 amide bonds. The summed E-state index contributed by atoms with van der Waals surface area (Å²) in [6.07, 6.45) is 2.20. The predicted octanol–water partition coefficient (Wildman–Crippen LogP) is 2.32. The first-order valence-corrected chi connectivity index (χ1v) is 5.48. The van der Waals surface area contributed by atoms with E-state index in [1.807, 2.05) is 0 Å². The van der Waals surface area contributed by atoms with Crippen LogP contribution < -0.4 is 0 Å². The molecule has 0 saturated heterocycles. The highest BCUT2D eigenvalue weighted by Gasteiger charge is 2.20. The Labute approximate surface area is 82.0 Å². The van der Waals surface area contributed by atoms with E-state index in [9.17, 15) is 4.79 Å². The first-order valence-electron chi connectivity index (χ1n) is 4.67. The summed E-state index contributed by atoms with van der Waals surface area (Å²) in [5, 5.41) is 1.18. The van der Waals surface area contributed by atoms with Crippen LogP contribution in [0.25, 0.3) is 0 Å². The SMILES string of the molecule is CC(C)c1nc2c(s1)CCC(=O)C2. The average Bonchev–Trinajstić information content (AvgIpc) is 2.46. The second-order valence-electron chi connectivity index (χ2n) is 3.79. The van der Waals surface area contributed by atoms with E-state index < -0.39 is 0 Å². The zero-order chi connectivity index (χ0) is 9.42. The monoisotopic (exact) mass is 195 g/mol. The van der Waals surface area contributed by atoms with Gasteiger partial charge in [-0.2, -0.15) is 0 Å². The van der Waals surface area contributed by atoms with Gasteiger partial charge in [0.2, 0.25) is 0 Å². The van der Waals surface area contributed by atoms with Crippen LogP contribution in [0.1, 0.15) is 41.8 Å². The van der Waals surface area contributed by atoms with Gasteiger partial charge >= 0.3 is 0 Å². The van der Waals surface area contributed by atoms with Crippen molar-refractivity contribution in [2.24, 2.45) is 0 Å². The van der Waals surface area contributed by atoms with Gasteiger partial charge in [-0.3, -0.25) is 4.79 Å². The molecule has 0 atom stereocenters. The molecule has 0 bridgehead atoms. The zero-order valence-corrected chi connectivity index (χ0v) is 8.78. The molecule has 1 aliphatic rings. The molecular weight excluding hydrogens is 182 g/mol. The van der Waals surface area contributed by atoms with Crippen molar-refractivity contribution >= 4 is 17.1 Å². The number of aryl methyl sites for hydroxylation is 1. The van der Waals surface area contributed by atoms with Gasteiger partial charge in [-0.25, -0.2) is 4.98 Å². The van der Waals surface area contributed by atoms with Crippen LogP contribution in [0.5, 0.6) is 0 Å². The number of ketones is 1. The third-order valence-electron chi connectivity index (χ3n) is 2.28. The van der Waals surface area contributed by atoms with E-state index in [-0.39, 0.29) is 0 Å². The van der Waals surface area contributed by atoms with Crippen molar-refractivity contribution < 1.29 is 4.79 Å². The van der Waals surface area contributed by atoms with Crippen molar-refractivity contribution in [2.45, 2.75) is 39.0 Å². The number of fused-ring (bicyclic) bond motifs is 1. The maximum absolute atomic E-state index is 11.2. The van der Waals surface area contributed by atoms with Crippen LogP contribution in [0.2, 0.25) is 0 Å². The van der Waals surface area contributed by atoms with Gasteiger partial charge in [0.15, 0.2) is 0 Å². The van der Waals surface area contributed by atoms with Crippen LogP contribution in [-0.4, -0.2) is 10.8 Å². The van der Waals surface area contributed by atoms with E-state index in [0.29, 0.717) is 24.5 Å². The molecule has 1 aromatic rings. The second kappa shape index (κ2) is 3.22. The first kappa shape index (κ1) is 8.88. The summed E-state index contributed by atoms with van der Waals surface area (Å²) in [5.74, 6) is 0.832. The molecule has 0 saturated carbocycles. The number of nitrogens with zero attached hydrogens (tertiary/aromatic N) is 1. The number of thiazole rings is 1. The second-order valence-corrected chi connectivity index (χ2v) is 4.91. The van der Waals surface area contributed by atoms with Crippen LogP contribution in [-0.2, 0) is 17.6 Å². The predicted molar refractivity (Wildman–Crippen MR) is 53.2 cm³/mol. The van der Waals surface area contributed by atoms with E-state index in [1.54, 1.807) is 11.3 Å². The third kappa shape index (κ3) is 1.66. The highest BCUT2D eigenvalue weighted by atomic mass is 32.1. The molecule has 0 aliphatic heterocycles. The molecule has 2 rings (SSSR count). The van der Waals surface area contributed by atoms with Gasteiger partial charge in [-0.05, 0) is 6.42 Å². The summed E-state index contributed by atoms with van der Waals surface area (Å²) in [6, 6.07) is 0. The number of rotatable bonds is 1. The van der Waals surface area contributed by atoms with Gasteiger partial charge in [0.25, 0.3) is 0 Å². The van der Waals surface area contributed by atoms with Crippen molar-refractivity contribution in [1.29, 1.82) is 0 Å². The van der Waals surface area contributed by atoms with Gasteiger partial charge in [0.1, 0.15) is 5.78 Å². The fourth-order valence-corrected chi connectivity index (χ4v) is 2.60. The first-order chi connectivity index (χ1) is 6.16. The van der Waals surface area contributed by atoms with Crippen molar-refractivity contribution in [1.82, 2.24) is 4.98 Å². The lowest BCUT2D eigenvalue weighted by Gasteiger charge is -2.06. The fourth-order valence-electron chi connectivity index (χ4n) is 1.51. The number of carbonyl (C=O) groups excluding carboxylic acids is 1. The fraction of sp³-hybridized carbons (Fsp3) is 0.600. The van der Waals surface area contributed by atoms with Gasteiger partial charge < -0.3 is 0 Å². The molecule has 0 fully saturated rings. The summed E-state index contributed by atoms with van der Waals surface area (Å²) in [4.78, 5) is 17.0. The molecule has 1 aliphatic carbocycles. The summed E-state index contributed by atoms with van der Waals surface area (Å²) in [6.45, 7) is 4.29. The minimum absolute atomic E-state index is 0.341. The quantitative estimate of drug-likeness (QED) is 0.688. The Morgan fingerprint density at radius 1 is 1.38 bits per heavy atom. The highest BCUT2D eigenvalue weighted by molar-refractivity contribution is 7.11. The van der Waals surface area contributed by atoms with Crippen LogP contribution >= 0.6 is 11.3 Å². The van der Waals surface area contributed by atoms with E-state index in [1.165, 1.54) is 9.88 Å². The van der Waals surface area contributed by atoms with E-state index >= 15 is 0 Å². The molecule has 0 spiro atoms. The number of aromatic nitrogens is 1. The third-order valence-corrected chi connectivity index (χ3v) is 3.74. The normalized spacial score (nSPS) is 16.4. The molecule has 13 heavy (non-hydrogen) atoms. The molecule has 0 aromatic carbocycles. The smallest absolute Gasteiger partial charge is 0.139 e. The molecule has 0 radical (unpaired) electrons. The van der Waals surface area contributed by atoms with Crippen molar-refractivity contribution in [3.05, 3.63) is 15.6 Å². The average molecular weight is 195 g/mol. The summed E-state index contributed by atoms with van der Waals surface area (Å²) in [5.41, 5.74) is 1.05. The number of Topliss-reactive ketones (excluding diaryl/α,β-unsaturated/α-hetero) is 1. The summed E-state index contributed by atoms with van der Waals surface area (Å²) in [7, 11) is 0. The Morgan fingerprint density at radius 2 is 2.15 bits per heavy atom. The van der Waals surface area contributed by atoms with Crippen molar-refractivity contribution in [3.8, 4) is 0 Å². The molecule has 0 unspecified atom stereocenters. The largest absolute Gasteiger partial charge is 0.299 e. The zero-order valence-electron chi connectivity index (χ0n) is 7.96. The van der Waals surface area contributed by atoms with Gasteiger partial charge in [0.05, 0.1) is 10.7 Å². The topological polar surface area (TPSA) is 30.0 Å². The van der Waals surface area contributed by atoms with Crippen LogP contribution in [0.15, 0.2) is 0 Å². The van der Waals surface area contributed by atoms with Crippen molar-refractivity contribution in [3.63, 3.8) is 0 Å². The molecule has 1 aromatic heterocycles. The van der Waals surface area contributed by atoms with Crippen molar-refractivity contribution in [2.75, 3.05) is 0 Å². The number of hydrogen-bond donors (Lipinski definition) is 0. The molecule has 2 nitrogen and oxygen atoms in total. The molecule has 3 heteroatoms. The maximum Gasteiger partial charge on any atom is 0.139 e. The van der Waals surface area contributed by atoms with Crippen LogP contribution in [0, 0.1) is 0 Å². The lowest BCUT2D eigenvalue weighted by Crippen LogP contribution is -2.11. The Morgan fingerprint density at radius 3 is 2.85 bits per heavy atom. The maximum atomic E-state index is 11.2. The lowest BCUT2D eigenvalue weighted by atomic mass is 10.0. The van der Waals surface area contributed by atoms with Gasteiger partial charge in [-0.1, -0.05) is 13.8 Å². The van der Waals surface area contributed by atoms with Gasteiger partial charge in [-0.15, -0.1) is 11.3 Å². The van der Waals surface area contributed by atoms with Crippen LogP contribution in [0.4, 0.5) is 0 Å². The van der Waals surface area contributed by atoms with E-state index in [0.717, 1.165) is 12.1 Å². The molecule has 70 valence electrons. The molecule has 1 heterocycles. The van der Waals surface area contributed by atoms with E-state index in [4.69, 9.17) is 0 Å². The number of carbonyl (C=O) groups is 1. The Bertz CT molecular complexity index is 341. The van der Waals surface area contributed by atoms with Gasteiger partial charge in [0, 0.05) is 23.6 Å². The summed E-state index contributed by atoms with van der Waals surface area (Å²) < 4.78 is 0. The minimum Gasteiger partial charge on any atom is -0.299 e. The minimum atomic E-state index is 0.341. The van der Waals surface area contributed by atoms with E-state index in [2.05, 4.69) is 18.8 Å². The van der Waals surface area contributed by atoms with Crippen LogP contribution in [0.3, 0.4) is 0 Å². The molecular formula is C10H13NOS.